The number of fused-ring (bicyclic) bond motifs is 1. The van der Waals surface area contributed by atoms with Crippen LogP contribution in [0.4, 0.5) is 11.4 Å². The quantitative estimate of drug-likeness (QED) is 0.862. The summed E-state index contributed by atoms with van der Waals surface area (Å²) in [6.07, 6.45) is 0. The second kappa shape index (κ2) is 5.81. The van der Waals surface area contributed by atoms with Gasteiger partial charge < -0.3 is 15.4 Å². The lowest BCUT2D eigenvalue weighted by atomic mass is 10.1. The molecule has 0 unspecified atom stereocenters. The zero-order valence-electron chi connectivity index (χ0n) is 11.8. The largest absolute Gasteiger partial charge is 0.482 e. The zero-order valence-corrected chi connectivity index (χ0v) is 13.4. The van der Waals surface area contributed by atoms with Crippen molar-refractivity contribution in [2.75, 3.05) is 17.2 Å². The number of ether oxygens (including phenoxy) is 1. The van der Waals surface area contributed by atoms with Gasteiger partial charge in [0.1, 0.15) is 5.75 Å². The predicted molar refractivity (Wildman–Crippen MR) is 87.4 cm³/mol. The Kier molecular flexibility index (Phi) is 3.85. The van der Waals surface area contributed by atoms with Gasteiger partial charge in [-0.1, -0.05) is 22.0 Å². The molecule has 0 saturated heterocycles. The van der Waals surface area contributed by atoms with Crippen molar-refractivity contribution in [2.45, 2.75) is 6.92 Å². The maximum Gasteiger partial charge on any atom is 0.262 e. The van der Waals surface area contributed by atoms with E-state index in [2.05, 4.69) is 26.6 Å². The minimum absolute atomic E-state index is 0.00419. The zero-order chi connectivity index (χ0) is 15.7. The Balaban J connectivity index is 1.85. The summed E-state index contributed by atoms with van der Waals surface area (Å²) in [6, 6.07) is 10.6. The van der Waals surface area contributed by atoms with Crippen LogP contribution in [0.1, 0.15) is 15.9 Å². The number of carbonyl (C=O) groups excluding carboxylic acids is 2. The maximum absolute atomic E-state index is 12.4. The minimum Gasteiger partial charge on any atom is -0.482 e. The number of carbonyl (C=O) groups is 2. The topological polar surface area (TPSA) is 67.4 Å². The second-order valence-corrected chi connectivity index (χ2v) is 5.88. The third kappa shape index (κ3) is 2.96. The van der Waals surface area contributed by atoms with Crippen LogP contribution < -0.4 is 15.4 Å². The van der Waals surface area contributed by atoms with Gasteiger partial charge in [-0.05, 0) is 42.8 Å². The molecule has 2 N–H and O–H groups in total. The van der Waals surface area contributed by atoms with E-state index in [0.29, 0.717) is 17.0 Å². The standard InChI is InChI=1S/C16H13BrN2O3/c1-9-2-4-11(17)7-12(9)19-16(21)10-3-5-14-13(6-10)18-15(20)8-22-14/h2-7H,8H2,1H3,(H,18,20)(H,19,21). The Labute approximate surface area is 135 Å². The molecule has 6 heteroatoms. The second-order valence-electron chi connectivity index (χ2n) is 4.96. The normalized spacial score (nSPS) is 12.9. The first-order chi connectivity index (χ1) is 10.5. The molecule has 1 aliphatic rings. The monoisotopic (exact) mass is 360 g/mol. The molecular formula is C16H13BrN2O3. The molecular weight excluding hydrogens is 348 g/mol. The summed E-state index contributed by atoms with van der Waals surface area (Å²) in [5.41, 5.74) is 2.65. The first-order valence-corrected chi connectivity index (χ1v) is 7.46. The van der Waals surface area contributed by atoms with Crippen LogP contribution in [0.15, 0.2) is 40.9 Å². The van der Waals surface area contributed by atoms with Crippen molar-refractivity contribution < 1.29 is 14.3 Å². The number of anilines is 2. The van der Waals surface area contributed by atoms with Gasteiger partial charge in [-0.25, -0.2) is 0 Å². The average molecular weight is 361 g/mol. The molecule has 0 radical (unpaired) electrons. The number of rotatable bonds is 2. The first-order valence-electron chi connectivity index (χ1n) is 6.67. The Morgan fingerprint density at radius 2 is 2.09 bits per heavy atom. The molecule has 22 heavy (non-hydrogen) atoms. The van der Waals surface area contributed by atoms with Crippen LogP contribution in [0.5, 0.6) is 5.75 Å². The molecule has 2 aromatic carbocycles. The maximum atomic E-state index is 12.4. The highest BCUT2D eigenvalue weighted by molar-refractivity contribution is 9.10. The van der Waals surface area contributed by atoms with E-state index in [1.54, 1.807) is 18.2 Å². The Hall–Kier alpha value is -2.34. The molecule has 2 aromatic rings. The number of amides is 2. The molecule has 0 bridgehead atoms. The minimum atomic E-state index is -0.246. The molecule has 1 aliphatic heterocycles. The van der Waals surface area contributed by atoms with Crippen LogP contribution >= 0.6 is 15.9 Å². The van der Waals surface area contributed by atoms with Gasteiger partial charge in [-0.2, -0.15) is 0 Å². The van der Waals surface area contributed by atoms with Crippen molar-refractivity contribution in [3.05, 3.63) is 52.0 Å². The third-order valence-corrected chi connectivity index (χ3v) is 3.82. The predicted octanol–water partition coefficient (Wildman–Crippen LogP) is 3.34. The summed E-state index contributed by atoms with van der Waals surface area (Å²) in [7, 11) is 0. The molecule has 112 valence electrons. The van der Waals surface area contributed by atoms with Crippen LogP contribution in [0, 0.1) is 6.92 Å². The molecule has 1 heterocycles. The summed E-state index contributed by atoms with van der Waals surface area (Å²) < 4.78 is 6.16. The van der Waals surface area contributed by atoms with Crippen LogP contribution in [-0.2, 0) is 4.79 Å². The molecule has 2 amide bonds. The van der Waals surface area contributed by atoms with Crippen molar-refractivity contribution in [3.63, 3.8) is 0 Å². The molecule has 0 fully saturated rings. The molecule has 3 rings (SSSR count). The van der Waals surface area contributed by atoms with Gasteiger partial charge in [-0.3, -0.25) is 9.59 Å². The summed E-state index contributed by atoms with van der Waals surface area (Å²) >= 11 is 3.38. The molecule has 0 saturated carbocycles. The number of hydrogen-bond acceptors (Lipinski definition) is 3. The van der Waals surface area contributed by atoms with E-state index < -0.39 is 0 Å². The van der Waals surface area contributed by atoms with Gasteiger partial charge in [0.05, 0.1) is 5.69 Å². The summed E-state index contributed by atoms with van der Waals surface area (Å²) in [5.74, 6) is 0.0894. The lowest BCUT2D eigenvalue weighted by Gasteiger charge is -2.18. The van der Waals surface area contributed by atoms with Gasteiger partial charge in [0, 0.05) is 15.7 Å². The van der Waals surface area contributed by atoms with Crippen LogP contribution in [0.3, 0.4) is 0 Å². The van der Waals surface area contributed by atoms with Crippen molar-refractivity contribution in [1.82, 2.24) is 0 Å². The summed E-state index contributed by atoms with van der Waals surface area (Å²) in [4.78, 5) is 23.7. The van der Waals surface area contributed by atoms with Crippen molar-refractivity contribution >= 4 is 39.1 Å². The lowest BCUT2D eigenvalue weighted by molar-refractivity contribution is -0.118. The number of hydrogen-bond donors (Lipinski definition) is 2. The highest BCUT2D eigenvalue weighted by Crippen LogP contribution is 2.29. The van der Waals surface area contributed by atoms with E-state index in [1.165, 1.54) is 0 Å². The Morgan fingerprint density at radius 1 is 1.27 bits per heavy atom. The van der Waals surface area contributed by atoms with E-state index >= 15 is 0 Å². The molecule has 0 aliphatic carbocycles. The smallest absolute Gasteiger partial charge is 0.262 e. The van der Waals surface area contributed by atoms with Crippen LogP contribution in [0.2, 0.25) is 0 Å². The number of nitrogens with one attached hydrogen (secondary N) is 2. The van der Waals surface area contributed by atoms with E-state index in [0.717, 1.165) is 15.7 Å². The summed E-state index contributed by atoms with van der Waals surface area (Å²) in [5, 5.41) is 5.55. The van der Waals surface area contributed by atoms with Gasteiger partial charge in [-0.15, -0.1) is 0 Å². The average Bonchev–Trinajstić information content (AvgIpc) is 2.50. The van der Waals surface area contributed by atoms with E-state index in [1.807, 2.05) is 25.1 Å². The van der Waals surface area contributed by atoms with Crippen LogP contribution in [0.25, 0.3) is 0 Å². The van der Waals surface area contributed by atoms with Gasteiger partial charge in [0.25, 0.3) is 11.8 Å². The molecule has 0 atom stereocenters. The first kappa shape index (κ1) is 14.6. The van der Waals surface area contributed by atoms with Crippen molar-refractivity contribution in [1.29, 1.82) is 0 Å². The summed E-state index contributed by atoms with van der Waals surface area (Å²) in [6.45, 7) is 1.92. The van der Waals surface area contributed by atoms with Crippen molar-refractivity contribution in [2.24, 2.45) is 0 Å². The molecule has 5 nitrogen and oxygen atoms in total. The van der Waals surface area contributed by atoms with Gasteiger partial charge in [0.2, 0.25) is 0 Å². The fourth-order valence-electron chi connectivity index (χ4n) is 2.15. The SMILES string of the molecule is Cc1ccc(Br)cc1NC(=O)c1ccc2c(c1)NC(=O)CO2. The molecule has 0 aromatic heterocycles. The number of halogens is 1. The third-order valence-electron chi connectivity index (χ3n) is 3.32. The molecule has 0 spiro atoms. The highest BCUT2D eigenvalue weighted by Gasteiger charge is 2.18. The van der Waals surface area contributed by atoms with Crippen molar-refractivity contribution in [3.8, 4) is 5.75 Å². The fraction of sp³-hybridized carbons (Fsp3) is 0.125. The fourth-order valence-corrected chi connectivity index (χ4v) is 2.51. The lowest BCUT2D eigenvalue weighted by Crippen LogP contribution is -2.25. The van der Waals surface area contributed by atoms with E-state index in [9.17, 15) is 9.59 Å². The van der Waals surface area contributed by atoms with Gasteiger partial charge in [0.15, 0.2) is 6.61 Å². The Morgan fingerprint density at radius 3 is 2.91 bits per heavy atom. The number of aryl methyl sites for hydroxylation is 1. The van der Waals surface area contributed by atoms with Gasteiger partial charge >= 0.3 is 0 Å². The highest BCUT2D eigenvalue weighted by atomic mass is 79.9. The Bertz CT molecular complexity index is 774. The van der Waals surface area contributed by atoms with E-state index in [4.69, 9.17) is 4.74 Å². The number of benzene rings is 2. The van der Waals surface area contributed by atoms with E-state index in [-0.39, 0.29) is 18.4 Å². The van der Waals surface area contributed by atoms with Crippen LogP contribution in [-0.4, -0.2) is 18.4 Å².